The van der Waals surface area contributed by atoms with Crippen LogP contribution in [0.5, 0.6) is 0 Å². The fourth-order valence-electron chi connectivity index (χ4n) is 2.25. The predicted molar refractivity (Wildman–Crippen MR) is 65.6 cm³/mol. The summed E-state index contributed by atoms with van der Waals surface area (Å²) in [5, 5.41) is 3.99. The van der Waals surface area contributed by atoms with E-state index in [0.717, 1.165) is 36.5 Å². The molecule has 1 aromatic carbocycles. The first kappa shape index (κ1) is 11.9. The van der Waals surface area contributed by atoms with Crippen molar-refractivity contribution in [1.29, 1.82) is 0 Å². The van der Waals surface area contributed by atoms with Gasteiger partial charge >= 0.3 is 0 Å². The van der Waals surface area contributed by atoms with Gasteiger partial charge in [0.15, 0.2) is 0 Å². The lowest BCUT2D eigenvalue weighted by molar-refractivity contribution is 0.219. The maximum Gasteiger partial charge on any atom is 0.104 e. The first-order valence-corrected chi connectivity index (χ1v) is 6.23. The number of alkyl halides is 1. The Balaban J connectivity index is 2.05. The molecule has 1 nitrogen and oxygen atoms in total. The van der Waals surface area contributed by atoms with Gasteiger partial charge in [0, 0.05) is 5.02 Å². The van der Waals surface area contributed by atoms with Gasteiger partial charge in [0.05, 0.1) is 0 Å². The maximum absolute atomic E-state index is 13.8. The van der Waals surface area contributed by atoms with Crippen LogP contribution in [-0.2, 0) is 6.42 Å². The summed E-state index contributed by atoms with van der Waals surface area (Å²) in [4.78, 5) is 0. The Morgan fingerprint density at radius 3 is 2.81 bits per heavy atom. The Morgan fingerprint density at radius 1 is 1.25 bits per heavy atom. The Kier molecular flexibility index (Phi) is 4.19. The summed E-state index contributed by atoms with van der Waals surface area (Å²) in [6.07, 6.45) is 1.57. The lowest BCUT2D eigenvalue weighted by atomic mass is 9.91. The summed E-state index contributed by atoms with van der Waals surface area (Å²) in [6, 6.07) is 7.74. The molecule has 3 heteroatoms. The van der Waals surface area contributed by atoms with Crippen molar-refractivity contribution >= 4 is 11.6 Å². The van der Waals surface area contributed by atoms with Gasteiger partial charge in [-0.15, -0.1) is 0 Å². The standard InChI is InChI=1S/C13H17ClFN/c14-12-4-2-1-3-10(12)9-11-5-7-16-8-6-13(11)15/h1-4,11,13,16H,5-9H2. The van der Waals surface area contributed by atoms with Gasteiger partial charge in [0.1, 0.15) is 6.17 Å². The van der Waals surface area contributed by atoms with E-state index in [-0.39, 0.29) is 5.92 Å². The lowest BCUT2D eigenvalue weighted by Gasteiger charge is -2.18. The Bertz CT molecular complexity index is 342. The third-order valence-electron chi connectivity index (χ3n) is 3.24. The molecule has 2 rings (SSSR count). The topological polar surface area (TPSA) is 12.0 Å². The molecule has 1 aliphatic heterocycles. The van der Waals surface area contributed by atoms with Crippen LogP contribution < -0.4 is 5.32 Å². The van der Waals surface area contributed by atoms with Gasteiger partial charge < -0.3 is 5.32 Å². The van der Waals surface area contributed by atoms with E-state index in [9.17, 15) is 4.39 Å². The molecule has 0 aromatic heterocycles. The van der Waals surface area contributed by atoms with E-state index in [1.807, 2.05) is 24.3 Å². The van der Waals surface area contributed by atoms with Crippen LogP contribution in [0.2, 0.25) is 5.02 Å². The number of rotatable bonds is 2. The number of nitrogens with one attached hydrogen (secondary N) is 1. The molecule has 1 saturated heterocycles. The summed E-state index contributed by atoms with van der Waals surface area (Å²) in [5.41, 5.74) is 1.07. The highest BCUT2D eigenvalue weighted by atomic mass is 35.5. The van der Waals surface area contributed by atoms with Gasteiger partial charge in [0.2, 0.25) is 0 Å². The van der Waals surface area contributed by atoms with E-state index in [0.29, 0.717) is 6.42 Å². The van der Waals surface area contributed by atoms with Crippen LogP contribution >= 0.6 is 11.6 Å². The minimum atomic E-state index is -0.703. The van der Waals surface area contributed by atoms with Crippen LogP contribution in [0.4, 0.5) is 4.39 Å². The number of hydrogen-bond acceptors (Lipinski definition) is 1. The smallest absolute Gasteiger partial charge is 0.104 e. The molecule has 0 bridgehead atoms. The van der Waals surface area contributed by atoms with Crippen LogP contribution in [0.1, 0.15) is 18.4 Å². The van der Waals surface area contributed by atoms with Crippen molar-refractivity contribution in [3.63, 3.8) is 0 Å². The first-order chi connectivity index (χ1) is 7.77. The summed E-state index contributed by atoms with van der Waals surface area (Å²) in [6.45, 7) is 1.70. The average molecular weight is 242 g/mol. The summed E-state index contributed by atoms with van der Waals surface area (Å²) >= 11 is 6.09. The zero-order chi connectivity index (χ0) is 11.4. The number of halogens is 2. The summed E-state index contributed by atoms with van der Waals surface area (Å²) in [7, 11) is 0. The molecule has 0 aliphatic carbocycles. The van der Waals surface area contributed by atoms with Crippen LogP contribution in [0.25, 0.3) is 0 Å². The molecular weight excluding hydrogens is 225 g/mol. The fourth-order valence-corrected chi connectivity index (χ4v) is 2.46. The van der Waals surface area contributed by atoms with Crippen LogP contribution in [0.3, 0.4) is 0 Å². The molecule has 16 heavy (non-hydrogen) atoms. The molecule has 2 atom stereocenters. The zero-order valence-electron chi connectivity index (χ0n) is 9.26. The minimum Gasteiger partial charge on any atom is -0.317 e. The van der Waals surface area contributed by atoms with Crippen molar-refractivity contribution in [2.24, 2.45) is 5.92 Å². The minimum absolute atomic E-state index is 0.106. The molecule has 1 aliphatic rings. The quantitative estimate of drug-likeness (QED) is 0.839. The maximum atomic E-state index is 13.8. The zero-order valence-corrected chi connectivity index (χ0v) is 10.0. The normalized spacial score (nSPS) is 26.4. The molecule has 0 radical (unpaired) electrons. The predicted octanol–water partition coefficient (Wildman–Crippen LogP) is 3.22. The second-order valence-corrected chi connectivity index (χ2v) is 4.81. The fraction of sp³-hybridized carbons (Fsp3) is 0.538. The van der Waals surface area contributed by atoms with Crippen molar-refractivity contribution in [1.82, 2.24) is 5.32 Å². The molecule has 1 N–H and O–H groups in total. The molecule has 0 spiro atoms. The van der Waals surface area contributed by atoms with Crippen molar-refractivity contribution in [3.8, 4) is 0 Å². The molecule has 1 heterocycles. The molecule has 0 saturated carbocycles. The Labute approximate surface area is 101 Å². The highest BCUT2D eigenvalue weighted by molar-refractivity contribution is 6.31. The van der Waals surface area contributed by atoms with Crippen LogP contribution in [-0.4, -0.2) is 19.3 Å². The first-order valence-electron chi connectivity index (χ1n) is 5.85. The van der Waals surface area contributed by atoms with Gasteiger partial charge in [0.25, 0.3) is 0 Å². The van der Waals surface area contributed by atoms with Gasteiger partial charge in [-0.05, 0) is 49.9 Å². The Morgan fingerprint density at radius 2 is 2.00 bits per heavy atom. The molecule has 2 unspecified atom stereocenters. The van der Waals surface area contributed by atoms with Crippen molar-refractivity contribution < 1.29 is 4.39 Å². The highest BCUT2D eigenvalue weighted by Gasteiger charge is 2.23. The van der Waals surface area contributed by atoms with Crippen molar-refractivity contribution in [2.75, 3.05) is 13.1 Å². The van der Waals surface area contributed by atoms with Crippen LogP contribution in [0.15, 0.2) is 24.3 Å². The molecule has 0 amide bonds. The lowest BCUT2D eigenvalue weighted by Crippen LogP contribution is -2.18. The van der Waals surface area contributed by atoms with E-state index in [4.69, 9.17) is 11.6 Å². The summed E-state index contributed by atoms with van der Waals surface area (Å²) in [5.74, 6) is 0.106. The second-order valence-electron chi connectivity index (χ2n) is 4.40. The van der Waals surface area contributed by atoms with Gasteiger partial charge in [-0.2, -0.15) is 0 Å². The molecule has 1 fully saturated rings. The Hall–Kier alpha value is -0.600. The molecule has 1 aromatic rings. The highest BCUT2D eigenvalue weighted by Crippen LogP contribution is 2.25. The monoisotopic (exact) mass is 241 g/mol. The number of benzene rings is 1. The van der Waals surface area contributed by atoms with Gasteiger partial charge in [-0.1, -0.05) is 29.8 Å². The van der Waals surface area contributed by atoms with Gasteiger partial charge in [-0.25, -0.2) is 4.39 Å². The van der Waals surface area contributed by atoms with E-state index in [2.05, 4.69) is 5.32 Å². The largest absolute Gasteiger partial charge is 0.317 e. The van der Waals surface area contributed by atoms with Crippen molar-refractivity contribution in [3.05, 3.63) is 34.9 Å². The average Bonchev–Trinajstić information content (AvgIpc) is 2.48. The second kappa shape index (κ2) is 5.65. The van der Waals surface area contributed by atoms with E-state index < -0.39 is 6.17 Å². The van der Waals surface area contributed by atoms with E-state index in [1.165, 1.54) is 0 Å². The summed E-state index contributed by atoms with van der Waals surface area (Å²) < 4.78 is 13.8. The SMILES string of the molecule is FC1CCNCCC1Cc1ccccc1Cl. The van der Waals surface area contributed by atoms with Gasteiger partial charge in [-0.3, -0.25) is 0 Å². The number of hydrogen-bond donors (Lipinski definition) is 1. The van der Waals surface area contributed by atoms with E-state index >= 15 is 0 Å². The third kappa shape index (κ3) is 2.96. The molecular formula is C13H17ClFN. The third-order valence-corrected chi connectivity index (χ3v) is 3.61. The molecule has 88 valence electrons. The van der Waals surface area contributed by atoms with Crippen molar-refractivity contribution in [2.45, 2.75) is 25.4 Å². The van der Waals surface area contributed by atoms with E-state index in [1.54, 1.807) is 0 Å². The van der Waals surface area contributed by atoms with Crippen LogP contribution in [0, 0.1) is 5.92 Å².